The fourth-order valence-corrected chi connectivity index (χ4v) is 2.15. The minimum Gasteiger partial charge on any atom is -0.399 e. The van der Waals surface area contributed by atoms with Gasteiger partial charge >= 0.3 is 0 Å². The molecule has 0 bridgehead atoms. The Hall–Kier alpha value is -2.10. The summed E-state index contributed by atoms with van der Waals surface area (Å²) in [6.07, 6.45) is 2.48. The van der Waals surface area contributed by atoms with Crippen LogP contribution in [0.2, 0.25) is 0 Å². The highest BCUT2D eigenvalue weighted by Crippen LogP contribution is 2.31. The van der Waals surface area contributed by atoms with Crippen LogP contribution in [0.4, 0.5) is 11.5 Å². The van der Waals surface area contributed by atoms with Crippen molar-refractivity contribution in [3.8, 4) is 0 Å². The normalized spacial score (nSPS) is 14.4. The zero-order chi connectivity index (χ0) is 13.2. The quantitative estimate of drug-likeness (QED) is 0.852. The van der Waals surface area contributed by atoms with E-state index in [1.54, 1.807) is 0 Å². The van der Waals surface area contributed by atoms with E-state index in [-0.39, 0.29) is 0 Å². The van der Waals surface area contributed by atoms with Crippen LogP contribution in [0.25, 0.3) is 0 Å². The van der Waals surface area contributed by atoms with Crippen molar-refractivity contribution >= 4 is 11.5 Å². The molecule has 1 fully saturated rings. The van der Waals surface area contributed by atoms with E-state index >= 15 is 0 Å². The van der Waals surface area contributed by atoms with E-state index < -0.39 is 0 Å². The molecule has 1 aromatic heterocycles. The van der Waals surface area contributed by atoms with Crippen molar-refractivity contribution in [2.75, 3.05) is 10.6 Å². The standard InChI is InChI=1S/C15H18N4/c1-11-2-9-15(18-17-11)19(14-7-8-14)10-12-3-5-13(16)6-4-12/h2-6,9,14H,7-8,10,16H2,1H3. The third kappa shape index (κ3) is 2.84. The van der Waals surface area contributed by atoms with Crippen molar-refractivity contribution in [1.82, 2.24) is 10.2 Å². The Kier molecular flexibility index (Phi) is 3.07. The summed E-state index contributed by atoms with van der Waals surface area (Å²) in [5, 5.41) is 8.46. The average molecular weight is 254 g/mol. The second-order valence-electron chi connectivity index (χ2n) is 5.13. The predicted molar refractivity (Wildman–Crippen MR) is 76.8 cm³/mol. The Balaban J connectivity index is 1.81. The lowest BCUT2D eigenvalue weighted by Crippen LogP contribution is -2.26. The van der Waals surface area contributed by atoms with Gasteiger partial charge in [-0.2, -0.15) is 5.10 Å². The summed E-state index contributed by atoms with van der Waals surface area (Å²) in [7, 11) is 0. The van der Waals surface area contributed by atoms with Crippen LogP contribution in [-0.2, 0) is 6.54 Å². The largest absolute Gasteiger partial charge is 0.399 e. The number of aromatic nitrogens is 2. The fraction of sp³-hybridized carbons (Fsp3) is 0.333. The van der Waals surface area contributed by atoms with E-state index in [1.807, 2.05) is 25.1 Å². The second kappa shape index (κ2) is 4.88. The van der Waals surface area contributed by atoms with Crippen molar-refractivity contribution in [1.29, 1.82) is 0 Å². The Morgan fingerprint density at radius 1 is 1.11 bits per heavy atom. The number of anilines is 2. The number of nitrogens with two attached hydrogens (primary N) is 1. The van der Waals surface area contributed by atoms with Gasteiger partial charge in [-0.1, -0.05) is 12.1 Å². The first-order valence-corrected chi connectivity index (χ1v) is 6.64. The molecule has 19 heavy (non-hydrogen) atoms. The highest BCUT2D eigenvalue weighted by atomic mass is 15.3. The Bertz CT molecular complexity index is 543. The van der Waals surface area contributed by atoms with Gasteiger partial charge in [0, 0.05) is 18.3 Å². The maximum atomic E-state index is 5.72. The minimum absolute atomic E-state index is 0.606. The van der Waals surface area contributed by atoms with Gasteiger partial charge in [0.2, 0.25) is 0 Å². The van der Waals surface area contributed by atoms with E-state index in [2.05, 4.69) is 33.3 Å². The molecular formula is C15H18N4. The topological polar surface area (TPSA) is 55.0 Å². The number of hydrogen-bond acceptors (Lipinski definition) is 4. The molecule has 0 saturated heterocycles. The molecule has 2 N–H and O–H groups in total. The van der Waals surface area contributed by atoms with Gasteiger partial charge in [0.25, 0.3) is 0 Å². The smallest absolute Gasteiger partial charge is 0.151 e. The molecule has 1 saturated carbocycles. The Morgan fingerprint density at radius 2 is 1.84 bits per heavy atom. The summed E-state index contributed by atoms with van der Waals surface area (Å²) in [5.41, 5.74) is 8.73. The molecule has 1 aromatic carbocycles. The number of rotatable bonds is 4. The van der Waals surface area contributed by atoms with Crippen LogP contribution < -0.4 is 10.6 Å². The summed E-state index contributed by atoms with van der Waals surface area (Å²) in [5.74, 6) is 0.963. The van der Waals surface area contributed by atoms with Gasteiger partial charge in [0.05, 0.1) is 5.69 Å². The van der Waals surface area contributed by atoms with Crippen molar-refractivity contribution < 1.29 is 0 Å². The van der Waals surface area contributed by atoms with Gasteiger partial charge in [-0.15, -0.1) is 5.10 Å². The van der Waals surface area contributed by atoms with Crippen LogP contribution >= 0.6 is 0 Å². The zero-order valence-corrected chi connectivity index (χ0v) is 11.1. The summed E-state index contributed by atoms with van der Waals surface area (Å²) in [4.78, 5) is 2.33. The van der Waals surface area contributed by atoms with Crippen LogP contribution in [0, 0.1) is 6.92 Å². The van der Waals surface area contributed by atoms with Crippen LogP contribution in [0.1, 0.15) is 24.1 Å². The molecule has 0 radical (unpaired) electrons. The molecule has 0 spiro atoms. The number of nitrogen functional groups attached to an aromatic ring is 1. The lowest BCUT2D eigenvalue weighted by Gasteiger charge is -2.23. The van der Waals surface area contributed by atoms with Gasteiger partial charge in [-0.05, 0) is 49.6 Å². The van der Waals surface area contributed by atoms with Crippen LogP contribution in [0.5, 0.6) is 0 Å². The average Bonchev–Trinajstić information content (AvgIpc) is 3.24. The van der Waals surface area contributed by atoms with Crippen LogP contribution in [0.3, 0.4) is 0 Å². The zero-order valence-electron chi connectivity index (χ0n) is 11.1. The van der Waals surface area contributed by atoms with Gasteiger partial charge < -0.3 is 10.6 Å². The molecule has 0 unspecified atom stereocenters. The van der Waals surface area contributed by atoms with Crippen molar-refractivity contribution in [2.45, 2.75) is 32.4 Å². The fourth-order valence-electron chi connectivity index (χ4n) is 2.15. The molecular weight excluding hydrogens is 236 g/mol. The summed E-state index contributed by atoms with van der Waals surface area (Å²) < 4.78 is 0. The molecule has 4 heteroatoms. The van der Waals surface area contributed by atoms with Crippen molar-refractivity contribution in [3.63, 3.8) is 0 Å². The molecule has 3 rings (SSSR count). The number of nitrogens with zero attached hydrogens (tertiary/aromatic N) is 3. The number of aryl methyl sites for hydroxylation is 1. The highest BCUT2D eigenvalue weighted by molar-refractivity contribution is 5.44. The van der Waals surface area contributed by atoms with Gasteiger partial charge in [0.1, 0.15) is 0 Å². The predicted octanol–water partition coefficient (Wildman–Crippen LogP) is 2.54. The SMILES string of the molecule is Cc1ccc(N(Cc2ccc(N)cc2)C2CC2)nn1. The molecule has 1 heterocycles. The van der Waals surface area contributed by atoms with Gasteiger partial charge in [-0.3, -0.25) is 0 Å². The first-order chi connectivity index (χ1) is 9.22. The third-order valence-corrected chi connectivity index (χ3v) is 3.40. The lowest BCUT2D eigenvalue weighted by molar-refractivity contribution is 0.761. The monoisotopic (exact) mass is 254 g/mol. The first kappa shape index (κ1) is 12.0. The highest BCUT2D eigenvalue weighted by Gasteiger charge is 2.30. The molecule has 4 nitrogen and oxygen atoms in total. The molecule has 0 aliphatic heterocycles. The van der Waals surface area contributed by atoms with E-state index in [1.165, 1.54) is 18.4 Å². The lowest BCUT2D eigenvalue weighted by atomic mass is 10.2. The molecule has 2 aromatic rings. The number of benzene rings is 1. The first-order valence-electron chi connectivity index (χ1n) is 6.64. The maximum Gasteiger partial charge on any atom is 0.151 e. The van der Waals surface area contributed by atoms with E-state index in [0.717, 1.165) is 23.7 Å². The Morgan fingerprint density at radius 3 is 2.42 bits per heavy atom. The van der Waals surface area contributed by atoms with Crippen LogP contribution in [-0.4, -0.2) is 16.2 Å². The Labute approximate surface area is 113 Å². The molecule has 1 aliphatic rings. The number of hydrogen-bond donors (Lipinski definition) is 1. The van der Waals surface area contributed by atoms with E-state index in [4.69, 9.17) is 5.73 Å². The molecule has 1 aliphatic carbocycles. The molecule has 0 atom stereocenters. The molecule has 98 valence electrons. The van der Waals surface area contributed by atoms with Crippen molar-refractivity contribution in [3.05, 3.63) is 47.7 Å². The van der Waals surface area contributed by atoms with Gasteiger partial charge in [0.15, 0.2) is 5.82 Å². The third-order valence-electron chi connectivity index (χ3n) is 3.40. The van der Waals surface area contributed by atoms with Gasteiger partial charge in [-0.25, -0.2) is 0 Å². The summed E-state index contributed by atoms with van der Waals surface area (Å²) in [6, 6.07) is 12.7. The van der Waals surface area contributed by atoms with Crippen molar-refractivity contribution in [2.24, 2.45) is 0 Å². The van der Waals surface area contributed by atoms with E-state index in [9.17, 15) is 0 Å². The second-order valence-corrected chi connectivity index (χ2v) is 5.13. The molecule has 0 amide bonds. The van der Waals surface area contributed by atoms with Crippen LogP contribution in [0.15, 0.2) is 36.4 Å². The van der Waals surface area contributed by atoms with E-state index in [0.29, 0.717) is 6.04 Å². The summed E-state index contributed by atoms with van der Waals surface area (Å²) in [6.45, 7) is 2.82. The minimum atomic E-state index is 0.606. The maximum absolute atomic E-state index is 5.72. The summed E-state index contributed by atoms with van der Waals surface area (Å²) >= 11 is 0.